The summed E-state index contributed by atoms with van der Waals surface area (Å²) >= 11 is 0. The van der Waals surface area contributed by atoms with Gasteiger partial charge >= 0.3 is 0 Å². The summed E-state index contributed by atoms with van der Waals surface area (Å²) in [6, 6.07) is 7.09. The van der Waals surface area contributed by atoms with Crippen molar-refractivity contribution < 1.29 is 4.79 Å². The molecule has 0 unspecified atom stereocenters. The summed E-state index contributed by atoms with van der Waals surface area (Å²) in [6.45, 7) is 1.78. The molecular formula is C21H28O. The largest absolute Gasteiger partial charge is 0.300 e. The molecule has 1 aromatic rings. The van der Waals surface area contributed by atoms with E-state index in [1.807, 2.05) is 0 Å². The Kier molecular flexibility index (Phi) is 3.63. The Bertz CT molecular complexity index is 572. The van der Waals surface area contributed by atoms with Gasteiger partial charge in [-0.25, -0.2) is 0 Å². The maximum Gasteiger partial charge on any atom is 0.132 e. The van der Waals surface area contributed by atoms with Gasteiger partial charge in [-0.15, -0.1) is 0 Å². The topological polar surface area (TPSA) is 17.1 Å². The molecule has 22 heavy (non-hydrogen) atoms. The van der Waals surface area contributed by atoms with Crippen LogP contribution in [0.25, 0.3) is 0 Å². The predicted molar refractivity (Wildman–Crippen MR) is 90.3 cm³/mol. The lowest BCUT2D eigenvalue weighted by Crippen LogP contribution is -2.24. The first kappa shape index (κ1) is 14.5. The van der Waals surface area contributed by atoms with Crippen LogP contribution in [0, 0.1) is 5.92 Å². The number of Topliss-reactive ketones (excluding diaryl/α,β-unsaturated/α-hetero) is 1. The maximum absolute atomic E-state index is 11.6. The molecule has 3 aliphatic rings. The number of fused-ring (bicyclic) bond motifs is 2. The molecule has 0 aromatic heterocycles. The minimum Gasteiger partial charge on any atom is -0.300 e. The third-order valence-electron chi connectivity index (χ3n) is 6.89. The Morgan fingerprint density at radius 1 is 1.05 bits per heavy atom. The molecule has 1 nitrogen and oxygen atoms in total. The molecule has 0 saturated heterocycles. The average molecular weight is 296 g/mol. The summed E-state index contributed by atoms with van der Waals surface area (Å²) in [4.78, 5) is 11.6. The highest BCUT2D eigenvalue weighted by Crippen LogP contribution is 2.53. The van der Waals surface area contributed by atoms with Gasteiger partial charge in [0.15, 0.2) is 0 Å². The molecule has 0 atom stereocenters. The van der Waals surface area contributed by atoms with Crippen molar-refractivity contribution >= 4 is 5.78 Å². The van der Waals surface area contributed by atoms with Gasteiger partial charge in [0.25, 0.3) is 0 Å². The molecule has 3 aliphatic carbocycles. The highest BCUT2D eigenvalue weighted by Gasteiger charge is 2.43. The third-order valence-corrected chi connectivity index (χ3v) is 6.89. The van der Waals surface area contributed by atoms with Crippen molar-refractivity contribution in [2.24, 2.45) is 5.92 Å². The van der Waals surface area contributed by atoms with E-state index >= 15 is 0 Å². The quantitative estimate of drug-likeness (QED) is 0.723. The van der Waals surface area contributed by atoms with E-state index in [4.69, 9.17) is 0 Å². The lowest BCUT2D eigenvalue weighted by molar-refractivity contribution is -0.121. The summed E-state index contributed by atoms with van der Waals surface area (Å²) in [5, 5.41) is 0. The number of hydrogen-bond acceptors (Lipinski definition) is 1. The highest BCUT2D eigenvalue weighted by atomic mass is 16.1. The molecule has 1 spiro atoms. The summed E-state index contributed by atoms with van der Waals surface area (Å²) in [7, 11) is 0. The number of carbonyl (C=O) groups is 1. The van der Waals surface area contributed by atoms with Crippen LogP contribution in [0.15, 0.2) is 18.2 Å². The van der Waals surface area contributed by atoms with E-state index < -0.39 is 0 Å². The smallest absolute Gasteiger partial charge is 0.132 e. The molecule has 0 radical (unpaired) electrons. The zero-order valence-electron chi connectivity index (χ0n) is 13.9. The number of carbonyl (C=O) groups excluding carboxylic acids is 1. The van der Waals surface area contributed by atoms with E-state index in [0.29, 0.717) is 23.0 Å². The molecule has 0 aliphatic heterocycles. The van der Waals surface area contributed by atoms with Crippen LogP contribution in [0.4, 0.5) is 0 Å². The second-order valence-corrected chi connectivity index (χ2v) is 8.03. The Labute approximate surface area is 134 Å². The van der Waals surface area contributed by atoms with Gasteiger partial charge in [-0.1, -0.05) is 31.0 Å². The van der Waals surface area contributed by atoms with Gasteiger partial charge in [0.05, 0.1) is 0 Å². The zero-order chi connectivity index (χ0) is 15.2. The van der Waals surface area contributed by atoms with E-state index in [1.165, 1.54) is 51.4 Å². The van der Waals surface area contributed by atoms with Crippen molar-refractivity contribution in [3.8, 4) is 0 Å². The van der Waals surface area contributed by atoms with Crippen LogP contribution < -0.4 is 0 Å². The standard InChI is InChI=1S/C21H28O/c1-15(22)16-7-9-17(10-8-16)19-6-4-5-18-11-14-21(20(18)19)12-2-3-13-21/h4-6,16-17H,2-3,7-14H2,1H3. The van der Waals surface area contributed by atoms with Gasteiger partial charge in [-0.05, 0) is 86.3 Å². The van der Waals surface area contributed by atoms with Gasteiger partial charge in [0, 0.05) is 5.92 Å². The van der Waals surface area contributed by atoms with E-state index in [-0.39, 0.29) is 0 Å². The second kappa shape index (κ2) is 5.51. The number of benzene rings is 1. The van der Waals surface area contributed by atoms with Gasteiger partial charge in [-0.3, -0.25) is 4.79 Å². The number of ketones is 1. The van der Waals surface area contributed by atoms with E-state index in [1.54, 1.807) is 23.6 Å². The summed E-state index contributed by atoms with van der Waals surface area (Å²) in [5.74, 6) is 1.46. The first-order valence-corrected chi connectivity index (χ1v) is 9.32. The molecule has 4 rings (SSSR count). The molecule has 0 N–H and O–H groups in total. The first-order valence-electron chi connectivity index (χ1n) is 9.32. The lowest BCUT2D eigenvalue weighted by Gasteiger charge is -2.33. The SMILES string of the molecule is CC(=O)C1CCC(c2cccc3c2C2(CCCC2)CC3)CC1. The molecular weight excluding hydrogens is 268 g/mol. The average Bonchev–Trinajstić information content (AvgIpc) is 3.16. The molecule has 2 saturated carbocycles. The lowest BCUT2D eigenvalue weighted by atomic mass is 9.71. The van der Waals surface area contributed by atoms with Crippen LogP contribution in [0.2, 0.25) is 0 Å². The monoisotopic (exact) mass is 296 g/mol. The fourth-order valence-corrected chi connectivity index (χ4v) is 5.68. The summed E-state index contributed by atoms with van der Waals surface area (Å²) in [6.07, 6.45) is 13.0. The van der Waals surface area contributed by atoms with Gasteiger partial charge in [0.2, 0.25) is 0 Å². The van der Waals surface area contributed by atoms with Crippen molar-refractivity contribution in [3.63, 3.8) is 0 Å². The van der Waals surface area contributed by atoms with Crippen molar-refractivity contribution in [1.29, 1.82) is 0 Å². The maximum atomic E-state index is 11.6. The summed E-state index contributed by atoms with van der Waals surface area (Å²) < 4.78 is 0. The van der Waals surface area contributed by atoms with Gasteiger partial charge in [0.1, 0.15) is 5.78 Å². The van der Waals surface area contributed by atoms with E-state index in [9.17, 15) is 4.79 Å². The van der Waals surface area contributed by atoms with E-state index in [2.05, 4.69) is 18.2 Å². The minimum atomic E-state index is 0.341. The fourth-order valence-electron chi connectivity index (χ4n) is 5.68. The Morgan fingerprint density at radius 3 is 2.45 bits per heavy atom. The zero-order valence-corrected chi connectivity index (χ0v) is 13.9. The van der Waals surface area contributed by atoms with Crippen LogP contribution in [-0.4, -0.2) is 5.78 Å². The van der Waals surface area contributed by atoms with E-state index in [0.717, 1.165) is 12.8 Å². The molecule has 118 valence electrons. The molecule has 0 amide bonds. The van der Waals surface area contributed by atoms with Gasteiger partial charge < -0.3 is 0 Å². The van der Waals surface area contributed by atoms with Crippen LogP contribution in [0.5, 0.6) is 0 Å². The molecule has 0 bridgehead atoms. The number of aryl methyl sites for hydroxylation is 1. The third kappa shape index (κ3) is 2.25. The van der Waals surface area contributed by atoms with Crippen molar-refractivity contribution in [2.45, 2.75) is 82.5 Å². The van der Waals surface area contributed by atoms with Gasteiger partial charge in [-0.2, -0.15) is 0 Å². The van der Waals surface area contributed by atoms with Crippen molar-refractivity contribution in [3.05, 3.63) is 34.9 Å². The van der Waals surface area contributed by atoms with Crippen LogP contribution in [-0.2, 0) is 16.6 Å². The predicted octanol–water partition coefficient (Wildman–Crippen LogP) is 5.31. The second-order valence-electron chi connectivity index (χ2n) is 8.03. The Balaban J connectivity index is 1.64. The Morgan fingerprint density at radius 2 is 1.77 bits per heavy atom. The minimum absolute atomic E-state index is 0.341. The Hall–Kier alpha value is -1.11. The van der Waals surface area contributed by atoms with Crippen molar-refractivity contribution in [1.82, 2.24) is 0 Å². The summed E-state index contributed by atoms with van der Waals surface area (Å²) in [5.41, 5.74) is 5.61. The van der Waals surface area contributed by atoms with Crippen LogP contribution >= 0.6 is 0 Å². The number of hydrogen-bond donors (Lipinski definition) is 0. The molecule has 0 heterocycles. The highest BCUT2D eigenvalue weighted by molar-refractivity contribution is 5.78. The van der Waals surface area contributed by atoms with Crippen LogP contribution in [0.1, 0.15) is 87.3 Å². The molecule has 1 heteroatoms. The first-order chi connectivity index (χ1) is 10.7. The molecule has 2 fully saturated rings. The fraction of sp³-hybridized carbons (Fsp3) is 0.667. The van der Waals surface area contributed by atoms with Crippen molar-refractivity contribution in [2.75, 3.05) is 0 Å². The number of rotatable bonds is 2. The molecule has 1 aromatic carbocycles. The normalized spacial score (nSPS) is 29.7. The van der Waals surface area contributed by atoms with Crippen LogP contribution in [0.3, 0.4) is 0 Å².